The van der Waals surface area contributed by atoms with Crippen LogP contribution < -0.4 is 21.9 Å². The van der Waals surface area contributed by atoms with Gasteiger partial charge in [-0.05, 0) is 56.1 Å². The van der Waals surface area contributed by atoms with E-state index in [1.165, 1.54) is 12.3 Å². The summed E-state index contributed by atoms with van der Waals surface area (Å²) < 4.78 is 0. The molecule has 0 aliphatic carbocycles. The highest BCUT2D eigenvalue weighted by molar-refractivity contribution is 6.31. The number of hydrogen-bond donors (Lipinski definition) is 4. The van der Waals surface area contributed by atoms with E-state index in [9.17, 15) is 14.7 Å². The van der Waals surface area contributed by atoms with Gasteiger partial charge in [0.05, 0.1) is 5.97 Å². The van der Waals surface area contributed by atoms with Gasteiger partial charge in [0.25, 0.3) is 0 Å². The lowest BCUT2D eigenvalue weighted by Gasteiger charge is -2.11. The summed E-state index contributed by atoms with van der Waals surface area (Å²) in [4.78, 5) is 25.1. The van der Waals surface area contributed by atoms with Crippen molar-refractivity contribution in [1.29, 1.82) is 0 Å². The number of hydrogen-bond acceptors (Lipinski definition) is 7. The van der Waals surface area contributed by atoms with Gasteiger partial charge >= 0.3 is 5.97 Å². The van der Waals surface area contributed by atoms with Crippen LogP contribution in [-0.4, -0.2) is 34.6 Å². The topological polar surface area (TPSA) is 154 Å². The molecular weight excluding hydrogens is 384 g/mol. The second-order valence-electron chi connectivity index (χ2n) is 5.95. The zero-order valence-electron chi connectivity index (χ0n) is 15.5. The van der Waals surface area contributed by atoms with E-state index in [0.29, 0.717) is 23.8 Å². The van der Waals surface area contributed by atoms with E-state index in [1.807, 2.05) is 13.0 Å². The third-order valence-electron chi connectivity index (χ3n) is 3.83. The Kier molecular flexibility index (Phi) is 9.94. The average Bonchev–Trinajstić information content (AvgIpc) is 2.66. The second kappa shape index (κ2) is 11.9. The third kappa shape index (κ3) is 7.51. The number of unbranched alkanes of at least 4 members (excludes halogenated alkanes) is 1. The number of halogens is 1. The second-order valence-corrected chi connectivity index (χ2v) is 6.36. The number of aromatic nitrogens is 1. The normalized spacial score (nSPS) is 11.1. The molecule has 1 aromatic heterocycles. The van der Waals surface area contributed by atoms with Crippen molar-refractivity contribution in [3.8, 4) is 0 Å². The maximum absolute atomic E-state index is 11.1. The van der Waals surface area contributed by atoms with Crippen molar-refractivity contribution in [1.82, 2.24) is 4.98 Å². The molecule has 1 heterocycles. The summed E-state index contributed by atoms with van der Waals surface area (Å²) in [6.07, 6.45) is 3.57. The van der Waals surface area contributed by atoms with E-state index in [2.05, 4.69) is 10.3 Å². The smallest absolute Gasteiger partial charge is 0.339 e. The molecular formula is C19H24ClN4O4-. The lowest BCUT2D eigenvalue weighted by molar-refractivity contribution is -0.307. The molecule has 1 atom stereocenters. The molecule has 0 aliphatic rings. The number of rotatable bonds is 8. The first-order valence-electron chi connectivity index (χ1n) is 8.64. The third-order valence-corrected chi connectivity index (χ3v) is 4.24. The van der Waals surface area contributed by atoms with Gasteiger partial charge in [0.15, 0.2) is 0 Å². The monoisotopic (exact) mass is 407 g/mol. The van der Waals surface area contributed by atoms with Crippen LogP contribution in [0.2, 0.25) is 5.02 Å². The van der Waals surface area contributed by atoms with Crippen LogP contribution in [0.1, 0.15) is 35.2 Å². The van der Waals surface area contributed by atoms with Gasteiger partial charge in [0, 0.05) is 22.9 Å². The minimum absolute atomic E-state index is 0.122. The zero-order valence-corrected chi connectivity index (χ0v) is 16.3. The van der Waals surface area contributed by atoms with Crippen LogP contribution in [-0.2, 0) is 4.79 Å². The minimum atomic E-state index is -1.18. The molecule has 8 nitrogen and oxygen atoms in total. The fraction of sp³-hybridized carbons (Fsp3) is 0.316. The van der Waals surface area contributed by atoms with Crippen molar-refractivity contribution in [3.05, 3.63) is 52.7 Å². The summed E-state index contributed by atoms with van der Waals surface area (Å²) in [5, 5.41) is 22.7. The van der Waals surface area contributed by atoms with E-state index >= 15 is 0 Å². The van der Waals surface area contributed by atoms with E-state index < -0.39 is 18.0 Å². The molecule has 28 heavy (non-hydrogen) atoms. The fourth-order valence-corrected chi connectivity index (χ4v) is 2.35. The van der Waals surface area contributed by atoms with Gasteiger partial charge in [-0.1, -0.05) is 24.1 Å². The maximum Gasteiger partial charge on any atom is 0.339 e. The predicted molar refractivity (Wildman–Crippen MR) is 107 cm³/mol. The Morgan fingerprint density at radius 1 is 1.29 bits per heavy atom. The SMILES string of the molecule is Cc1c(Cl)cccc1Nc1ncccc1C(=O)O.NCCCCC(N)C(=O)[O-]. The van der Waals surface area contributed by atoms with Crippen molar-refractivity contribution in [3.63, 3.8) is 0 Å². The Hall–Kier alpha value is -2.68. The number of benzene rings is 1. The number of carbonyl (C=O) groups excluding carboxylic acids is 1. The molecule has 152 valence electrons. The highest BCUT2D eigenvalue weighted by Gasteiger charge is 2.11. The average molecular weight is 408 g/mol. The molecule has 9 heteroatoms. The van der Waals surface area contributed by atoms with Gasteiger partial charge in [-0.3, -0.25) is 0 Å². The fourth-order valence-electron chi connectivity index (χ4n) is 2.17. The summed E-state index contributed by atoms with van der Waals surface area (Å²) in [6.45, 7) is 2.44. The highest BCUT2D eigenvalue weighted by atomic mass is 35.5. The number of anilines is 2. The molecule has 2 aromatic rings. The Bertz CT molecular complexity index is 801. The van der Waals surface area contributed by atoms with E-state index in [-0.39, 0.29) is 5.56 Å². The van der Waals surface area contributed by atoms with Crippen molar-refractivity contribution < 1.29 is 19.8 Å². The van der Waals surface area contributed by atoms with Gasteiger partial charge in [-0.25, -0.2) is 9.78 Å². The van der Waals surface area contributed by atoms with E-state index in [1.54, 1.807) is 18.2 Å². The molecule has 0 spiro atoms. The molecule has 0 saturated carbocycles. The molecule has 0 saturated heterocycles. The van der Waals surface area contributed by atoms with Crippen LogP contribution in [0.3, 0.4) is 0 Å². The Morgan fingerprint density at radius 2 is 2.00 bits per heavy atom. The Morgan fingerprint density at radius 3 is 2.61 bits per heavy atom. The lowest BCUT2D eigenvalue weighted by atomic mass is 10.1. The zero-order chi connectivity index (χ0) is 21.1. The van der Waals surface area contributed by atoms with Crippen LogP contribution in [0, 0.1) is 6.92 Å². The lowest BCUT2D eigenvalue weighted by Crippen LogP contribution is -2.41. The van der Waals surface area contributed by atoms with Gasteiger partial charge in [-0.15, -0.1) is 0 Å². The van der Waals surface area contributed by atoms with Crippen LogP contribution in [0.15, 0.2) is 36.5 Å². The Balaban J connectivity index is 0.000000336. The summed E-state index contributed by atoms with van der Waals surface area (Å²) in [7, 11) is 0. The van der Waals surface area contributed by atoms with Crippen molar-refractivity contribution in [2.24, 2.45) is 11.5 Å². The number of aliphatic carboxylic acids is 1. The van der Waals surface area contributed by atoms with Crippen LogP contribution in [0.25, 0.3) is 0 Å². The first kappa shape index (κ1) is 23.4. The number of pyridine rings is 1. The Labute approximate surface area is 168 Å². The first-order valence-corrected chi connectivity index (χ1v) is 9.02. The number of carboxylic acid groups (broad SMARTS) is 2. The molecule has 0 bridgehead atoms. The van der Waals surface area contributed by atoms with Crippen LogP contribution >= 0.6 is 11.6 Å². The number of nitrogens with two attached hydrogens (primary N) is 2. The molecule has 0 aliphatic heterocycles. The largest absolute Gasteiger partial charge is 0.548 e. The molecule has 0 fully saturated rings. The van der Waals surface area contributed by atoms with Crippen LogP contribution in [0.5, 0.6) is 0 Å². The molecule has 2 rings (SSSR count). The number of nitrogens with one attached hydrogen (secondary N) is 1. The predicted octanol–water partition coefficient (Wildman–Crippen LogP) is 1.68. The van der Waals surface area contributed by atoms with Crippen molar-refractivity contribution >= 4 is 35.0 Å². The van der Waals surface area contributed by atoms with Gasteiger partial charge in [0.2, 0.25) is 0 Å². The van der Waals surface area contributed by atoms with Crippen molar-refractivity contribution in [2.75, 3.05) is 11.9 Å². The minimum Gasteiger partial charge on any atom is -0.548 e. The number of nitrogens with zero attached hydrogens (tertiary/aromatic N) is 1. The van der Waals surface area contributed by atoms with E-state index in [4.69, 9.17) is 28.2 Å². The van der Waals surface area contributed by atoms with Gasteiger partial charge < -0.3 is 31.8 Å². The highest BCUT2D eigenvalue weighted by Crippen LogP contribution is 2.26. The molecule has 0 amide bonds. The molecule has 0 radical (unpaired) electrons. The number of carboxylic acids is 2. The molecule has 1 unspecified atom stereocenters. The van der Waals surface area contributed by atoms with Crippen LogP contribution in [0.4, 0.5) is 11.5 Å². The summed E-state index contributed by atoms with van der Waals surface area (Å²) >= 11 is 6.01. The summed E-state index contributed by atoms with van der Waals surface area (Å²) in [5.41, 5.74) is 12.1. The standard InChI is InChI=1S/C13H11ClN2O2.C6H14N2O2/c1-8-10(14)5-2-6-11(8)16-12-9(13(17)18)4-3-7-15-12;7-4-2-1-3-5(8)6(9)10/h2-7H,1H3,(H,15,16)(H,17,18);5H,1-4,7-8H2,(H,9,10)/p-1. The molecule has 1 aromatic carbocycles. The van der Waals surface area contributed by atoms with Gasteiger partial charge in [0.1, 0.15) is 11.4 Å². The van der Waals surface area contributed by atoms with Gasteiger partial charge in [-0.2, -0.15) is 0 Å². The number of aromatic carboxylic acids is 1. The first-order chi connectivity index (χ1) is 13.3. The van der Waals surface area contributed by atoms with E-state index in [0.717, 1.165) is 24.1 Å². The molecule has 6 N–H and O–H groups in total. The summed E-state index contributed by atoms with van der Waals surface area (Å²) in [5.74, 6) is -1.90. The number of carbonyl (C=O) groups is 2. The maximum atomic E-state index is 11.1. The van der Waals surface area contributed by atoms with Crippen molar-refractivity contribution in [2.45, 2.75) is 32.2 Å². The quantitative estimate of drug-likeness (QED) is 0.481. The summed E-state index contributed by atoms with van der Waals surface area (Å²) in [6, 6.07) is 7.64.